The van der Waals surface area contributed by atoms with Crippen molar-refractivity contribution in [1.29, 1.82) is 0 Å². The van der Waals surface area contributed by atoms with Crippen molar-refractivity contribution >= 4 is 11.6 Å². The predicted octanol–water partition coefficient (Wildman–Crippen LogP) is 3.31. The van der Waals surface area contributed by atoms with Crippen LogP contribution in [0.25, 0.3) is 0 Å². The van der Waals surface area contributed by atoms with Crippen LogP contribution in [0, 0.1) is 11.8 Å². The summed E-state index contributed by atoms with van der Waals surface area (Å²) in [6, 6.07) is 0. The van der Waals surface area contributed by atoms with Gasteiger partial charge in [-0.25, -0.2) is 0 Å². The summed E-state index contributed by atoms with van der Waals surface area (Å²) >= 11 is 0. The quantitative estimate of drug-likeness (QED) is 0.682. The first kappa shape index (κ1) is 13.1. The van der Waals surface area contributed by atoms with Gasteiger partial charge in [0.2, 0.25) is 0 Å². The summed E-state index contributed by atoms with van der Waals surface area (Å²) in [4.78, 5) is 23.6. The van der Waals surface area contributed by atoms with Gasteiger partial charge in [0.05, 0.1) is 0 Å². The molecule has 0 aromatic rings. The lowest BCUT2D eigenvalue weighted by molar-refractivity contribution is -0.121. The van der Waals surface area contributed by atoms with Crippen LogP contribution < -0.4 is 0 Å². The third-order valence-corrected chi connectivity index (χ3v) is 3.44. The minimum Gasteiger partial charge on any atom is -0.300 e. The number of ketones is 2. The van der Waals surface area contributed by atoms with Crippen LogP contribution in [0.3, 0.4) is 0 Å². The first-order chi connectivity index (χ1) is 7.54. The standard InChI is InChI=1S/C14H22O2/c1-4-12-6-8-13(15)7-5-10(2)9-11(3)14(12)16/h9-10,12H,4-8H2,1-3H3. The van der Waals surface area contributed by atoms with E-state index in [1.807, 2.05) is 19.9 Å². The minimum atomic E-state index is 0.0468. The van der Waals surface area contributed by atoms with Gasteiger partial charge in [0.15, 0.2) is 5.78 Å². The fourth-order valence-electron chi connectivity index (χ4n) is 2.28. The lowest BCUT2D eigenvalue weighted by Gasteiger charge is -2.17. The molecule has 2 heteroatoms. The summed E-state index contributed by atoms with van der Waals surface area (Å²) in [5.41, 5.74) is 0.883. The number of hydrogen-bond acceptors (Lipinski definition) is 2. The van der Waals surface area contributed by atoms with Gasteiger partial charge in [0, 0.05) is 18.8 Å². The van der Waals surface area contributed by atoms with Crippen LogP contribution in [-0.2, 0) is 9.59 Å². The van der Waals surface area contributed by atoms with E-state index in [4.69, 9.17) is 0 Å². The minimum absolute atomic E-state index is 0.0468. The highest BCUT2D eigenvalue weighted by molar-refractivity contribution is 5.97. The fourth-order valence-corrected chi connectivity index (χ4v) is 2.28. The van der Waals surface area contributed by atoms with Crippen molar-refractivity contribution in [2.75, 3.05) is 0 Å². The SMILES string of the molecule is CCC1CCC(=O)CCC(C)C=C(C)C1=O. The van der Waals surface area contributed by atoms with E-state index in [0.29, 0.717) is 24.5 Å². The van der Waals surface area contributed by atoms with Gasteiger partial charge in [0.25, 0.3) is 0 Å². The molecule has 2 nitrogen and oxygen atoms in total. The van der Waals surface area contributed by atoms with Crippen molar-refractivity contribution in [3.63, 3.8) is 0 Å². The number of rotatable bonds is 1. The predicted molar refractivity (Wildman–Crippen MR) is 65.2 cm³/mol. The molecule has 2 unspecified atom stereocenters. The molecule has 16 heavy (non-hydrogen) atoms. The first-order valence-corrected chi connectivity index (χ1v) is 6.29. The lowest BCUT2D eigenvalue weighted by Crippen LogP contribution is -2.18. The van der Waals surface area contributed by atoms with Crippen molar-refractivity contribution in [3.8, 4) is 0 Å². The van der Waals surface area contributed by atoms with E-state index in [0.717, 1.165) is 24.8 Å². The molecule has 0 N–H and O–H groups in total. The van der Waals surface area contributed by atoms with Crippen molar-refractivity contribution < 1.29 is 9.59 Å². The highest BCUT2D eigenvalue weighted by Crippen LogP contribution is 2.22. The summed E-state index contributed by atoms with van der Waals surface area (Å²) in [7, 11) is 0. The van der Waals surface area contributed by atoms with E-state index in [9.17, 15) is 9.59 Å². The lowest BCUT2D eigenvalue weighted by atomic mass is 9.86. The number of Topliss-reactive ketones (excluding diaryl/α,β-unsaturated/α-hetero) is 2. The average molecular weight is 222 g/mol. The maximum Gasteiger partial charge on any atom is 0.161 e. The third-order valence-electron chi connectivity index (χ3n) is 3.44. The summed E-state index contributed by atoms with van der Waals surface area (Å²) in [5, 5.41) is 0. The topological polar surface area (TPSA) is 34.1 Å². The molecule has 0 heterocycles. The largest absolute Gasteiger partial charge is 0.300 e. The van der Waals surface area contributed by atoms with Crippen LogP contribution in [0.15, 0.2) is 11.6 Å². The summed E-state index contributed by atoms with van der Waals surface area (Å²) in [6.07, 6.45) is 5.71. The highest BCUT2D eigenvalue weighted by atomic mass is 16.1. The second kappa shape index (κ2) is 5.97. The molecule has 0 aromatic heterocycles. The Morgan fingerprint density at radius 3 is 2.50 bits per heavy atom. The third kappa shape index (κ3) is 3.58. The maximum absolute atomic E-state index is 12.1. The Kier molecular flexibility index (Phi) is 4.91. The van der Waals surface area contributed by atoms with Gasteiger partial charge in [0.1, 0.15) is 5.78 Å². The van der Waals surface area contributed by atoms with Gasteiger partial charge in [-0.05, 0) is 37.7 Å². The van der Waals surface area contributed by atoms with Crippen molar-refractivity contribution in [2.45, 2.75) is 52.9 Å². The number of carbonyl (C=O) groups is 2. The molecule has 0 aliphatic heterocycles. The van der Waals surface area contributed by atoms with Gasteiger partial charge >= 0.3 is 0 Å². The second-order valence-electron chi connectivity index (χ2n) is 4.91. The number of allylic oxidation sites excluding steroid dienone is 2. The van der Waals surface area contributed by atoms with Crippen LogP contribution in [-0.4, -0.2) is 11.6 Å². The molecule has 0 fully saturated rings. The maximum atomic E-state index is 12.1. The molecule has 1 aliphatic rings. The Labute approximate surface area is 98.1 Å². The van der Waals surface area contributed by atoms with Crippen molar-refractivity contribution in [1.82, 2.24) is 0 Å². The molecular weight excluding hydrogens is 200 g/mol. The Morgan fingerprint density at radius 2 is 1.88 bits per heavy atom. The molecule has 0 spiro atoms. The monoisotopic (exact) mass is 222 g/mol. The van der Waals surface area contributed by atoms with Gasteiger partial charge in [-0.3, -0.25) is 9.59 Å². The van der Waals surface area contributed by atoms with Crippen molar-refractivity contribution in [3.05, 3.63) is 11.6 Å². The van der Waals surface area contributed by atoms with E-state index in [1.54, 1.807) is 0 Å². The molecule has 1 rings (SSSR count). The van der Waals surface area contributed by atoms with E-state index in [1.165, 1.54) is 0 Å². The van der Waals surface area contributed by atoms with Gasteiger partial charge in [-0.2, -0.15) is 0 Å². The Bertz CT molecular complexity index is 302. The molecule has 1 aliphatic carbocycles. The van der Waals surface area contributed by atoms with Gasteiger partial charge in [-0.1, -0.05) is 19.9 Å². The first-order valence-electron chi connectivity index (χ1n) is 6.29. The number of carbonyl (C=O) groups excluding carboxylic acids is 2. The summed E-state index contributed by atoms with van der Waals surface area (Å²) in [5.74, 6) is 0.934. The van der Waals surface area contributed by atoms with E-state index < -0.39 is 0 Å². The molecule has 0 radical (unpaired) electrons. The van der Waals surface area contributed by atoms with Crippen LogP contribution >= 0.6 is 0 Å². The van der Waals surface area contributed by atoms with Crippen LogP contribution in [0.5, 0.6) is 0 Å². The molecule has 0 saturated heterocycles. The summed E-state index contributed by atoms with van der Waals surface area (Å²) < 4.78 is 0. The molecule has 90 valence electrons. The van der Waals surface area contributed by atoms with E-state index >= 15 is 0 Å². The van der Waals surface area contributed by atoms with E-state index in [2.05, 4.69) is 6.92 Å². The highest BCUT2D eigenvalue weighted by Gasteiger charge is 2.21. The van der Waals surface area contributed by atoms with E-state index in [-0.39, 0.29) is 11.7 Å². The molecule has 2 atom stereocenters. The van der Waals surface area contributed by atoms with Gasteiger partial charge < -0.3 is 0 Å². The molecule has 0 saturated carbocycles. The molecule has 0 aromatic carbocycles. The molecule has 0 amide bonds. The van der Waals surface area contributed by atoms with Crippen LogP contribution in [0.4, 0.5) is 0 Å². The van der Waals surface area contributed by atoms with Crippen LogP contribution in [0.1, 0.15) is 52.9 Å². The average Bonchev–Trinajstić information content (AvgIpc) is 2.25. The zero-order chi connectivity index (χ0) is 12.1. The zero-order valence-electron chi connectivity index (χ0n) is 10.6. The second-order valence-corrected chi connectivity index (χ2v) is 4.91. The normalized spacial score (nSPS) is 28.8. The summed E-state index contributed by atoms with van der Waals surface area (Å²) in [6.45, 7) is 6.01. The van der Waals surface area contributed by atoms with Crippen LogP contribution in [0.2, 0.25) is 0 Å². The number of hydrogen-bond donors (Lipinski definition) is 0. The Hall–Kier alpha value is -0.920. The van der Waals surface area contributed by atoms with Gasteiger partial charge in [-0.15, -0.1) is 0 Å². The smallest absolute Gasteiger partial charge is 0.161 e. The molecular formula is C14H22O2. The fraction of sp³-hybridized carbons (Fsp3) is 0.714. The van der Waals surface area contributed by atoms with Crippen molar-refractivity contribution in [2.24, 2.45) is 11.8 Å². The Balaban J connectivity index is 2.85. The zero-order valence-corrected chi connectivity index (χ0v) is 10.6. The molecule has 0 bridgehead atoms. The Morgan fingerprint density at radius 1 is 1.25 bits per heavy atom.